The maximum Gasteiger partial charge on any atom is 0.341 e. The summed E-state index contributed by atoms with van der Waals surface area (Å²) < 4.78 is 9.94. The summed E-state index contributed by atoms with van der Waals surface area (Å²) in [4.78, 5) is 18.3. The normalized spacial score (nSPS) is 15.5. The van der Waals surface area contributed by atoms with Crippen LogP contribution in [0.3, 0.4) is 0 Å². The Labute approximate surface area is 134 Å². The van der Waals surface area contributed by atoms with Crippen molar-refractivity contribution >= 4 is 23.7 Å². The minimum atomic E-state index is -0.427. The van der Waals surface area contributed by atoms with Gasteiger partial charge < -0.3 is 20.1 Å². The van der Waals surface area contributed by atoms with Crippen LogP contribution in [0.2, 0.25) is 0 Å². The predicted octanol–water partition coefficient (Wildman–Crippen LogP) is 1.35. The first-order valence-electron chi connectivity index (χ1n) is 7.03. The number of benzene rings is 1. The number of guanidine groups is 1. The number of carbonyl (C=O) groups is 1. The van der Waals surface area contributed by atoms with Crippen LogP contribution in [0.15, 0.2) is 23.2 Å². The Morgan fingerprint density at radius 3 is 2.73 bits per heavy atom. The lowest BCUT2D eigenvalue weighted by molar-refractivity contribution is 0.0597. The first kappa shape index (κ1) is 16.5. The molecule has 2 N–H and O–H groups in total. The van der Waals surface area contributed by atoms with Gasteiger partial charge in [0.05, 0.1) is 20.8 Å². The van der Waals surface area contributed by atoms with Crippen molar-refractivity contribution in [3.63, 3.8) is 0 Å². The molecular formula is C15H21N3O3S. The van der Waals surface area contributed by atoms with Crippen molar-refractivity contribution in [2.45, 2.75) is 6.54 Å². The van der Waals surface area contributed by atoms with Crippen LogP contribution in [-0.2, 0) is 11.3 Å². The lowest BCUT2D eigenvalue weighted by Gasteiger charge is -2.27. The van der Waals surface area contributed by atoms with E-state index in [0.717, 1.165) is 30.2 Å². The molecule has 1 heterocycles. The van der Waals surface area contributed by atoms with Crippen molar-refractivity contribution in [3.05, 3.63) is 29.3 Å². The number of ether oxygens (including phenoxy) is 2. The molecule has 7 heteroatoms. The summed E-state index contributed by atoms with van der Waals surface area (Å²) in [5, 5.41) is 0. The summed E-state index contributed by atoms with van der Waals surface area (Å²) in [7, 11) is 2.87. The molecule has 0 aromatic heterocycles. The van der Waals surface area contributed by atoms with Crippen LogP contribution in [0.4, 0.5) is 0 Å². The van der Waals surface area contributed by atoms with E-state index in [0.29, 0.717) is 23.8 Å². The van der Waals surface area contributed by atoms with Gasteiger partial charge in [-0.15, -0.1) is 0 Å². The molecule has 22 heavy (non-hydrogen) atoms. The third-order valence-corrected chi connectivity index (χ3v) is 4.37. The SMILES string of the molecule is COC(=O)c1cc(CN=C(N)N2CCSCC2)ccc1OC. The van der Waals surface area contributed by atoms with E-state index >= 15 is 0 Å². The van der Waals surface area contributed by atoms with Crippen molar-refractivity contribution in [2.24, 2.45) is 10.7 Å². The molecule has 0 radical (unpaired) electrons. The molecule has 1 saturated heterocycles. The van der Waals surface area contributed by atoms with Crippen molar-refractivity contribution in [2.75, 3.05) is 38.8 Å². The van der Waals surface area contributed by atoms with Crippen LogP contribution >= 0.6 is 11.8 Å². The van der Waals surface area contributed by atoms with Gasteiger partial charge in [0, 0.05) is 24.6 Å². The Hall–Kier alpha value is -1.89. The minimum absolute atomic E-state index is 0.394. The van der Waals surface area contributed by atoms with Crippen LogP contribution in [0.25, 0.3) is 0 Å². The molecule has 0 unspecified atom stereocenters. The summed E-state index contributed by atoms with van der Waals surface area (Å²) in [5.41, 5.74) is 7.31. The zero-order valence-electron chi connectivity index (χ0n) is 12.9. The smallest absolute Gasteiger partial charge is 0.341 e. The summed E-state index contributed by atoms with van der Waals surface area (Å²) in [6.45, 7) is 2.27. The number of esters is 1. The molecular weight excluding hydrogens is 302 g/mol. The number of methoxy groups -OCH3 is 2. The average Bonchev–Trinajstić information content (AvgIpc) is 2.59. The average molecular weight is 323 g/mol. The van der Waals surface area contributed by atoms with Crippen molar-refractivity contribution < 1.29 is 14.3 Å². The van der Waals surface area contributed by atoms with Gasteiger partial charge in [0.25, 0.3) is 0 Å². The van der Waals surface area contributed by atoms with E-state index in [1.165, 1.54) is 14.2 Å². The largest absolute Gasteiger partial charge is 0.496 e. The fourth-order valence-corrected chi connectivity index (χ4v) is 3.09. The van der Waals surface area contributed by atoms with Gasteiger partial charge >= 0.3 is 5.97 Å². The highest BCUT2D eigenvalue weighted by Gasteiger charge is 2.14. The fourth-order valence-electron chi connectivity index (χ4n) is 2.19. The number of hydrogen-bond donors (Lipinski definition) is 1. The zero-order chi connectivity index (χ0) is 15.9. The molecule has 0 atom stereocenters. The molecule has 0 aliphatic carbocycles. The minimum Gasteiger partial charge on any atom is -0.496 e. The number of nitrogens with zero attached hydrogens (tertiary/aromatic N) is 2. The van der Waals surface area contributed by atoms with Gasteiger partial charge in [-0.3, -0.25) is 0 Å². The van der Waals surface area contributed by atoms with Crippen molar-refractivity contribution in [3.8, 4) is 5.75 Å². The topological polar surface area (TPSA) is 77.1 Å². The molecule has 1 aliphatic heterocycles. The molecule has 1 fully saturated rings. The summed E-state index contributed by atoms with van der Waals surface area (Å²) >= 11 is 1.92. The molecule has 1 aliphatic rings. The van der Waals surface area contributed by atoms with Crippen molar-refractivity contribution in [1.29, 1.82) is 0 Å². The van der Waals surface area contributed by atoms with Crippen LogP contribution in [0, 0.1) is 0 Å². The van der Waals surface area contributed by atoms with Gasteiger partial charge in [-0.1, -0.05) is 6.07 Å². The second-order valence-electron chi connectivity index (χ2n) is 4.80. The lowest BCUT2D eigenvalue weighted by atomic mass is 10.1. The molecule has 0 spiro atoms. The highest BCUT2D eigenvalue weighted by Crippen LogP contribution is 2.21. The highest BCUT2D eigenvalue weighted by atomic mass is 32.2. The van der Waals surface area contributed by atoms with Gasteiger partial charge in [0.2, 0.25) is 0 Å². The van der Waals surface area contributed by atoms with Gasteiger partial charge in [-0.2, -0.15) is 11.8 Å². The number of hydrogen-bond acceptors (Lipinski definition) is 5. The first-order valence-corrected chi connectivity index (χ1v) is 8.19. The molecule has 1 aromatic rings. The Balaban J connectivity index is 2.10. The molecule has 0 bridgehead atoms. The van der Waals surface area contributed by atoms with Crippen LogP contribution in [0.1, 0.15) is 15.9 Å². The van der Waals surface area contributed by atoms with Gasteiger partial charge in [0.15, 0.2) is 5.96 Å². The van der Waals surface area contributed by atoms with E-state index in [1.807, 2.05) is 17.8 Å². The Morgan fingerprint density at radius 1 is 1.36 bits per heavy atom. The Bertz CT molecular complexity index is 557. The standard InChI is InChI=1S/C15H21N3O3S/c1-20-13-4-3-11(9-12(13)14(19)21-2)10-17-15(16)18-5-7-22-8-6-18/h3-4,9H,5-8,10H2,1-2H3,(H2,16,17). The van der Waals surface area contributed by atoms with Crippen LogP contribution in [-0.4, -0.2) is 55.6 Å². The third kappa shape index (κ3) is 4.07. The summed E-state index contributed by atoms with van der Waals surface area (Å²) in [5.74, 6) is 2.76. The van der Waals surface area contributed by atoms with E-state index in [2.05, 4.69) is 9.89 Å². The fraction of sp³-hybridized carbons (Fsp3) is 0.467. The second kappa shape index (κ2) is 7.93. The number of nitrogens with two attached hydrogens (primary N) is 1. The first-order chi connectivity index (χ1) is 10.7. The molecule has 0 amide bonds. The molecule has 0 saturated carbocycles. The van der Waals surface area contributed by atoms with Gasteiger partial charge in [-0.05, 0) is 17.7 Å². The lowest BCUT2D eigenvalue weighted by Crippen LogP contribution is -2.42. The molecule has 1 aromatic carbocycles. The van der Waals surface area contributed by atoms with Crippen LogP contribution in [0.5, 0.6) is 5.75 Å². The van der Waals surface area contributed by atoms with Gasteiger partial charge in [0.1, 0.15) is 11.3 Å². The van der Waals surface area contributed by atoms with E-state index in [1.54, 1.807) is 12.1 Å². The quantitative estimate of drug-likeness (QED) is 0.512. The number of aliphatic imine (C=N–C) groups is 1. The maximum absolute atomic E-state index is 11.8. The van der Waals surface area contributed by atoms with Crippen molar-refractivity contribution in [1.82, 2.24) is 4.90 Å². The second-order valence-corrected chi connectivity index (χ2v) is 6.02. The van der Waals surface area contributed by atoms with Gasteiger partial charge in [-0.25, -0.2) is 9.79 Å². The van der Waals surface area contributed by atoms with Crippen LogP contribution < -0.4 is 10.5 Å². The molecule has 120 valence electrons. The summed E-state index contributed by atoms with van der Waals surface area (Å²) in [6, 6.07) is 5.34. The molecule has 6 nitrogen and oxygen atoms in total. The number of thioether (sulfide) groups is 1. The molecule has 2 rings (SSSR count). The van der Waals surface area contributed by atoms with E-state index in [9.17, 15) is 4.79 Å². The monoisotopic (exact) mass is 323 g/mol. The third-order valence-electron chi connectivity index (χ3n) is 3.43. The number of carbonyl (C=O) groups excluding carboxylic acids is 1. The zero-order valence-corrected chi connectivity index (χ0v) is 13.7. The predicted molar refractivity (Wildman–Crippen MR) is 88.6 cm³/mol. The Morgan fingerprint density at radius 2 is 2.09 bits per heavy atom. The van der Waals surface area contributed by atoms with E-state index in [-0.39, 0.29) is 0 Å². The Kier molecular flexibility index (Phi) is 5.94. The highest BCUT2D eigenvalue weighted by molar-refractivity contribution is 7.99. The van der Waals surface area contributed by atoms with E-state index in [4.69, 9.17) is 15.2 Å². The number of rotatable bonds is 4. The van der Waals surface area contributed by atoms with E-state index < -0.39 is 5.97 Å². The maximum atomic E-state index is 11.8. The summed E-state index contributed by atoms with van der Waals surface area (Å²) in [6.07, 6.45) is 0.